The van der Waals surface area contributed by atoms with Crippen molar-refractivity contribution in [1.82, 2.24) is 5.32 Å². The minimum Gasteiger partial charge on any atom is -0.490 e. The van der Waals surface area contributed by atoms with Gasteiger partial charge in [0.25, 0.3) is 0 Å². The Balaban J connectivity index is 0.00000220. The molecular weight excluding hydrogens is 290 g/mol. The van der Waals surface area contributed by atoms with Crippen LogP contribution in [0.5, 0.6) is 5.75 Å². The van der Waals surface area contributed by atoms with Crippen molar-refractivity contribution >= 4 is 18.2 Å². The van der Waals surface area contributed by atoms with Crippen LogP contribution in [-0.4, -0.2) is 36.2 Å². The van der Waals surface area contributed by atoms with Gasteiger partial charge in [0.05, 0.1) is 5.56 Å². The van der Waals surface area contributed by atoms with Gasteiger partial charge in [-0.1, -0.05) is 25.0 Å². The maximum atomic E-state index is 11.5. The van der Waals surface area contributed by atoms with E-state index in [2.05, 4.69) is 5.32 Å². The number of rotatable bonds is 7. The molecule has 0 heterocycles. The first-order valence-electron chi connectivity index (χ1n) is 7.31. The number of aliphatic hydroxyl groups is 1. The van der Waals surface area contributed by atoms with Gasteiger partial charge in [-0.05, 0) is 31.9 Å². The lowest BCUT2D eigenvalue weighted by molar-refractivity contribution is 0.0965. The van der Waals surface area contributed by atoms with E-state index < -0.39 is 6.10 Å². The van der Waals surface area contributed by atoms with Gasteiger partial charge in [0, 0.05) is 12.6 Å². The Bertz CT molecular complexity index is 447. The number of carbonyl (C=O) groups is 1. The predicted octanol–water partition coefficient (Wildman–Crippen LogP) is 2.58. The van der Waals surface area contributed by atoms with Crippen LogP contribution < -0.4 is 10.1 Å². The molecule has 0 amide bonds. The van der Waals surface area contributed by atoms with E-state index in [9.17, 15) is 9.90 Å². The number of para-hydroxylation sites is 1. The summed E-state index contributed by atoms with van der Waals surface area (Å²) in [6, 6.07) is 7.66. The second-order valence-corrected chi connectivity index (χ2v) is 5.41. The molecule has 118 valence electrons. The fourth-order valence-electron chi connectivity index (χ4n) is 2.56. The molecule has 5 heteroatoms. The van der Waals surface area contributed by atoms with Gasteiger partial charge >= 0.3 is 0 Å². The van der Waals surface area contributed by atoms with E-state index >= 15 is 0 Å². The molecule has 1 unspecified atom stereocenters. The molecule has 1 aliphatic rings. The number of halogens is 1. The van der Waals surface area contributed by atoms with Crippen molar-refractivity contribution in [3.8, 4) is 5.75 Å². The van der Waals surface area contributed by atoms with Crippen LogP contribution in [0.3, 0.4) is 0 Å². The van der Waals surface area contributed by atoms with Crippen molar-refractivity contribution in [3.05, 3.63) is 29.8 Å². The first-order valence-corrected chi connectivity index (χ1v) is 7.31. The highest BCUT2D eigenvalue weighted by atomic mass is 35.5. The number of benzene rings is 1. The van der Waals surface area contributed by atoms with Crippen LogP contribution in [0.4, 0.5) is 0 Å². The molecular formula is C16H24ClNO3. The van der Waals surface area contributed by atoms with E-state index in [1.165, 1.54) is 32.6 Å². The monoisotopic (exact) mass is 313 g/mol. The Morgan fingerprint density at radius 2 is 2.05 bits per heavy atom. The van der Waals surface area contributed by atoms with Crippen LogP contribution in [0.15, 0.2) is 24.3 Å². The van der Waals surface area contributed by atoms with Gasteiger partial charge in [-0.2, -0.15) is 0 Å². The van der Waals surface area contributed by atoms with Gasteiger partial charge in [0.2, 0.25) is 0 Å². The van der Waals surface area contributed by atoms with Crippen LogP contribution in [0, 0.1) is 0 Å². The molecule has 1 aromatic carbocycles. The summed E-state index contributed by atoms with van der Waals surface area (Å²) in [6.07, 6.45) is 4.38. The van der Waals surface area contributed by atoms with Gasteiger partial charge in [-0.15, -0.1) is 12.4 Å². The number of Topliss-reactive ketones (excluding diaryl/α,β-unsaturated/α-hetero) is 1. The quantitative estimate of drug-likeness (QED) is 0.760. The summed E-state index contributed by atoms with van der Waals surface area (Å²) >= 11 is 0. The highest BCUT2D eigenvalue weighted by Gasteiger charge is 2.16. The number of aliphatic hydroxyl groups excluding tert-OH is 1. The zero-order valence-electron chi connectivity index (χ0n) is 12.4. The summed E-state index contributed by atoms with van der Waals surface area (Å²) in [5, 5.41) is 13.3. The average molecular weight is 314 g/mol. The van der Waals surface area contributed by atoms with Gasteiger partial charge in [-0.3, -0.25) is 4.79 Å². The van der Waals surface area contributed by atoms with Gasteiger partial charge in [-0.25, -0.2) is 0 Å². The molecule has 1 atom stereocenters. The van der Waals surface area contributed by atoms with Crippen LogP contribution in [0.25, 0.3) is 0 Å². The fraction of sp³-hybridized carbons (Fsp3) is 0.562. The molecule has 4 nitrogen and oxygen atoms in total. The normalized spacial score (nSPS) is 16.3. The molecule has 0 aromatic heterocycles. The number of hydrogen-bond acceptors (Lipinski definition) is 4. The van der Waals surface area contributed by atoms with Gasteiger partial charge in [0.15, 0.2) is 5.78 Å². The van der Waals surface area contributed by atoms with E-state index in [1.54, 1.807) is 12.1 Å². The molecule has 0 bridgehead atoms. The summed E-state index contributed by atoms with van der Waals surface area (Å²) in [6.45, 7) is 2.25. The average Bonchev–Trinajstić information content (AvgIpc) is 2.96. The van der Waals surface area contributed by atoms with E-state index in [4.69, 9.17) is 4.74 Å². The summed E-state index contributed by atoms with van der Waals surface area (Å²) in [7, 11) is 0. The van der Waals surface area contributed by atoms with Crippen LogP contribution in [-0.2, 0) is 0 Å². The summed E-state index contributed by atoms with van der Waals surface area (Å²) < 4.78 is 5.56. The van der Waals surface area contributed by atoms with Crippen molar-refractivity contribution in [2.24, 2.45) is 0 Å². The second-order valence-electron chi connectivity index (χ2n) is 5.41. The van der Waals surface area contributed by atoms with Gasteiger partial charge < -0.3 is 15.2 Å². The maximum absolute atomic E-state index is 11.5. The topological polar surface area (TPSA) is 58.6 Å². The Hall–Kier alpha value is -1.10. The summed E-state index contributed by atoms with van der Waals surface area (Å²) in [5.41, 5.74) is 0.559. The lowest BCUT2D eigenvalue weighted by atomic mass is 10.1. The third-order valence-electron chi connectivity index (χ3n) is 3.69. The molecule has 1 aromatic rings. The second kappa shape index (κ2) is 9.03. The first-order chi connectivity index (χ1) is 9.66. The van der Waals surface area contributed by atoms with E-state index in [0.29, 0.717) is 23.9 Å². The molecule has 2 rings (SSSR count). The van der Waals surface area contributed by atoms with E-state index in [-0.39, 0.29) is 24.8 Å². The third-order valence-corrected chi connectivity index (χ3v) is 3.69. The third kappa shape index (κ3) is 5.65. The molecule has 1 fully saturated rings. The molecule has 0 radical (unpaired) electrons. The number of ether oxygens (including phenoxy) is 1. The SMILES string of the molecule is CC(=O)c1ccccc1OCC(O)CNC1CCCC1.Cl. The molecule has 1 saturated carbocycles. The number of hydrogen-bond donors (Lipinski definition) is 2. The van der Waals surface area contributed by atoms with Gasteiger partial charge in [0.1, 0.15) is 18.5 Å². The molecule has 2 N–H and O–H groups in total. The van der Waals surface area contributed by atoms with Crippen LogP contribution in [0.1, 0.15) is 43.0 Å². The van der Waals surface area contributed by atoms with Crippen molar-refractivity contribution in [2.75, 3.05) is 13.2 Å². The predicted molar refractivity (Wildman–Crippen MR) is 85.5 cm³/mol. The number of nitrogens with one attached hydrogen (secondary N) is 1. The lowest BCUT2D eigenvalue weighted by Gasteiger charge is -2.17. The fourth-order valence-corrected chi connectivity index (χ4v) is 2.56. The maximum Gasteiger partial charge on any atom is 0.163 e. The summed E-state index contributed by atoms with van der Waals surface area (Å²) in [4.78, 5) is 11.5. The Labute approximate surface area is 132 Å². The minimum absolute atomic E-state index is 0. The molecule has 21 heavy (non-hydrogen) atoms. The highest BCUT2D eigenvalue weighted by molar-refractivity contribution is 5.96. The molecule has 0 spiro atoms. The molecule has 0 saturated heterocycles. The zero-order chi connectivity index (χ0) is 14.4. The lowest BCUT2D eigenvalue weighted by Crippen LogP contribution is -2.36. The number of carbonyl (C=O) groups excluding carboxylic acids is 1. The Morgan fingerprint density at radius 3 is 2.71 bits per heavy atom. The van der Waals surface area contributed by atoms with E-state index in [1.807, 2.05) is 12.1 Å². The largest absolute Gasteiger partial charge is 0.490 e. The Morgan fingerprint density at radius 1 is 1.38 bits per heavy atom. The standard InChI is InChI=1S/C16H23NO3.ClH/c1-12(18)15-8-4-5-9-16(15)20-11-14(19)10-17-13-6-2-3-7-13;/h4-5,8-9,13-14,17,19H,2-3,6-7,10-11H2,1H3;1H. The Kier molecular flexibility index (Phi) is 7.72. The molecule has 1 aliphatic carbocycles. The van der Waals surface area contributed by atoms with Crippen molar-refractivity contribution in [1.29, 1.82) is 0 Å². The van der Waals surface area contributed by atoms with Crippen LogP contribution in [0.2, 0.25) is 0 Å². The van der Waals surface area contributed by atoms with Crippen molar-refractivity contribution in [3.63, 3.8) is 0 Å². The smallest absolute Gasteiger partial charge is 0.163 e. The van der Waals surface area contributed by atoms with Crippen molar-refractivity contribution < 1.29 is 14.6 Å². The zero-order valence-corrected chi connectivity index (χ0v) is 13.2. The van der Waals surface area contributed by atoms with Crippen LogP contribution >= 0.6 is 12.4 Å². The van der Waals surface area contributed by atoms with E-state index in [0.717, 1.165) is 0 Å². The van der Waals surface area contributed by atoms with Crippen molar-refractivity contribution in [2.45, 2.75) is 44.8 Å². The highest BCUT2D eigenvalue weighted by Crippen LogP contribution is 2.19. The minimum atomic E-state index is -0.560. The number of ketones is 1. The first kappa shape index (κ1) is 18.0. The summed E-state index contributed by atoms with van der Waals surface area (Å²) in [5.74, 6) is 0.513. The molecule has 0 aliphatic heterocycles.